The fourth-order valence-corrected chi connectivity index (χ4v) is 3.16. The molecule has 0 aromatic heterocycles. The van der Waals surface area contributed by atoms with E-state index >= 15 is 0 Å². The van der Waals surface area contributed by atoms with Crippen LogP contribution in [0, 0.1) is 0 Å². The van der Waals surface area contributed by atoms with Crippen molar-refractivity contribution in [3.05, 3.63) is 54.1 Å². The Balaban J connectivity index is 1.72. The predicted molar refractivity (Wildman–Crippen MR) is 89.9 cm³/mol. The molecule has 0 heterocycles. The predicted octanol–water partition coefficient (Wildman–Crippen LogP) is 1.96. The third-order valence-electron chi connectivity index (χ3n) is 3.29. The van der Waals surface area contributed by atoms with E-state index in [1.165, 1.54) is 30.3 Å². The Morgan fingerprint density at radius 3 is 2.36 bits per heavy atom. The summed E-state index contributed by atoms with van der Waals surface area (Å²) in [5.41, 5.74) is -0.213. The Morgan fingerprint density at radius 2 is 1.72 bits per heavy atom. The largest absolute Gasteiger partial charge is 0.507 e. The lowest BCUT2D eigenvalue weighted by Crippen LogP contribution is -2.15. The van der Waals surface area contributed by atoms with E-state index in [0.29, 0.717) is 5.75 Å². The number of benzene rings is 2. The van der Waals surface area contributed by atoms with Crippen molar-refractivity contribution in [3.63, 3.8) is 0 Å². The Labute approximate surface area is 145 Å². The maximum absolute atomic E-state index is 12.0. The second kappa shape index (κ2) is 8.50. The minimum absolute atomic E-state index is 0.0315. The SMILES string of the molecule is O=C(O)c1ccc(OCCOCCS(=O)(=O)c2ccccc2)cc1O. The Morgan fingerprint density at radius 1 is 1.00 bits per heavy atom. The van der Waals surface area contributed by atoms with Crippen molar-refractivity contribution in [2.24, 2.45) is 0 Å². The zero-order chi connectivity index (χ0) is 18.3. The van der Waals surface area contributed by atoms with Crippen LogP contribution in [0.15, 0.2) is 53.4 Å². The van der Waals surface area contributed by atoms with Crippen LogP contribution < -0.4 is 4.74 Å². The van der Waals surface area contributed by atoms with E-state index in [2.05, 4.69) is 0 Å². The maximum atomic E-state index is 12.0. The molecule has 0 atom stereocenters. The molecule has 0 aliphatic heterocycles. The molecule has 0 bridgehead atoms. The average Bonchev–Trinajstić information content (AvgIpc) is 2.58. The van der Waals surface area contributed by atoms with Gasteiger partial charge in [0.15, 0.2) is 9.84 Å². The van der Waals surface area contributed by atoms with Crippen LogP contribution in [-0.4, -0.2) is 50.2 Å². The lowest BCUT2D eigenvalue weighted by atomic mass is 10.2. The van der Waals surface area contributed by atoms with Gasteiger partial charge < -0.3 is 19.7 Å². The first kappa shape index (κ1) is 18.8. The summed E-state index contributed by atoms with van der Waals surface area (Å²) in [6.07, 6.45) is 0. The molecule has 0 aliphatic carbocycles. The number of carbonyl (C=O) groups is 1. The summed E-state index contributed by atoms with van der Waals surface area (Å²) in [5.74, 6) is -1.46. The Kier molecular flexibility index (Phi) is 6.37. The van der Waals surface area contributed by atoms with Gasteiger partial charge >= 0.3 is 5.97 Å². The van der Waals surface area contributed by atoms with Crippen molar-refractivity contribution in [1.82, 2.24) is 0 Å². The summed E-state index contributed by atoms with van der Waals surface area (Å²) < 4.78 is 34.6. The first-order valence-electron chi connectivity index (χ1n) is 7.45. The standard InChI is InChI=1S/C17H18O7S/c18-16-12-13(6-7-15(16)17(19)20)24-9-8-23-10-11-25(21,22)14-4-2-1-3-5-14/h1-7,12,18H,8-11H2,(H,19,20). The molecule has 0 fully saturated rings. The molecular formula is C17H18O7S. The highest BCUT2D eigenvalue weighted by molar-refractivity contribution is 7.91. The van der Waals surface area contributed by atoms with Crippen molar-refractivity contribution >= 4 is 15.8 Å². The highest BCUT2D eigenvalue weighted by Gasteiger charge is 2.13. The number of aromatic carboxylic acids is 1. The fourth-order valence-electron chi connectivity index (χ4n) is 2.02. The van der Waals surface area contributed by atoms with Crippen LogP contribution in [0.2, 0.25) is 0 Å². The third kappa shape index (κ3) is 5.47. The van der Waals surface area contributed by atoms with E-state index in [-0.39, 0.29) is 41.8 Å². The number of aromatic hydroxyl groups is 1. The number of carboxylic acids is 1. The average molecular weight is 366 g/mol. The first-order valence-corrected chi connectivity index (χ1v) is 9.10. The van der Waals surface area contributed by atoms with Gasteiger partial charge in [-0.25, -0.2) is 13.2 Å². The van der Waals surface area contributed by atoms with Gasteiger partial charge in [-0.1, -0.05) is 18.2 Å². The normalized spacial score (nSPS) is 11.2. The van der Waals surface area contributed by atoms with Crippen molar-refractivity contribution in [2.45, 2.75) is 4.90 Å². The van der Waals surface area contributed by atoms with Gasteiger partial charge in [-0.3, -0.25) is 0 Å². The summed E-state index contributed by atoms with van der Waals surface area (Å²) >= 11 is 0. The quantitative estimate of drug-likeness (QED) is 0.653. The fraction of sp³-hybridized carbons (Fsp3) is 0.235. The Bertz CT molecular complexity index is 816. The number of sulfone groups is 1. The summed E-state index contributed by atoms with van der Waals surface area (Å²) in [6, 6.07) is 12.0. The molecule has 0 aliphatic rings. The van der Waals surface area contributed by atoms with Crippen molar-refractivity contribution in [1.29, 1.82) is 0 Å². The zero-order valence-corrected chi connectivity index (χ0v) is 14.1. The molecule has 0 spiro atoms. The van der Waals surface area contributed by atoms with Crippen LogP contribution in [-0.2, 0) is 14.6 Å². The van der Waals surface area contributed by atoms with Crippen LogP contribution in [0.25, 0.3) is 0 Å². The van der Waals surface area contributed by atoms with Crippen LogP contribution in [0.1, 0.15) is 10.4 Å². The lowest BCUT2D eigenvalue weighted by Gasteiger charge is -2.09. The number of ether oxygens (including phenoxy) is 2. The summed E-state index contributed by atoms with van der Waals surface area (Å²) in [7, 11) is -3.37. The third-order valence-corrected chi connectivity index (χ3v) is 4.99. The molecule has 2 aromatic carbocycles. The van der Waals surface area contributed by atoms with Crippen LogP contribution in [0.4, 0.5) is 0 Å². The molecule has 0 unspecified atom stereocenters. The van der Waals surface area contributed by atoms with Crippen molar-refractivity contribution < 1.29 is 32.9 Å². The number of hydrogen-bond acceptors (Lipinski definition) is 6. The summed E-state index contributed by atoms with van der Waals surface area (Å²) in [6.45, 7) is 0.326. The maximum Gasteiger partial charge on any atom is 0.339 e. The van der Waals surface area contributed by atoms with Gasteiger partial charge in [0, 0.05) is 6.07 Å². The van der Waals surface area contributed by atoms with Gasteiger partial charge in [-0.05, 0) is 24.3 Å². The van der Waals surface area contributed by atoms with Gasteiger partial charge in [0.05, 0.1) is 23.9 Å². The summed E-state index contributed by atoms with van der Waals surface area (Å²) in [4.78, 5) is 11.0. The molecular weight excluding hydrogens is 348 g/mol. The van der Waals surface area contributed by atoms with Gasteiger partial charge in [0.2, 0.25) is 0 Å². The second-order valence-electron chi connectivity index (χ2n) is 5.08. The molecule has 2 rings (SSSR count). The number of hydrogen-bond donors (Lipinski definition) is 2. The van der Waals surface area contributed by atoms with E-state index < -0.39 is 15.8 Å². The van der Waals surface area contributed by atoms with E-state index in [1.807, 2.05) is 0 Å². The van der Waals surface area contributed by atoms with Gasteiger partial charge in [0.25, 0.3) is 0 Å². The van der Waals surface area contributed by atoms with Crippen LogP contribution in [0.5, 0.6) is 11.5 Å². The van der Waals surface area contributed by atoms with Gasteiger partial charge in [-0.2, -0.15) is 0 Å². The minimum Gasteiger partial charge on any atom is -0.507 e. The molecule has 7 nitrogen and oxygen atoms in total. The topological polar surface area (TPSA) is 110 Å². The van der Waals surface area contributed by atoms with E-state index in [0.717, 1.165) is 0 Å². The van der Waals surface area contributed by atoms with E-state index in [9.17, 15) is 18.3 Å². The smallest absolute Gasteiger partial charge is 0.339 e. The molecule has 2 aromatic rings. The molecule has 2 N–H and O–H groups in total. The molecule has 0 radical (unpaired) electrons. The van der Waals surface area contributed by atoms with Crippen LogP contribution in [0.3, 0.4) is 0 Å². The molecule has 0 saturated carbocycles. The molecule has 0 saturated heterocycles. The second-order valence-corrected chi connectivity index (χ2v) is 7.19. The first-order chi connectivity index (χ1) is 11.9. The zero-order valence-electron chi connectivity index (χ0n) is 13.3. The van der Waals surface area contributed by atoms with E-state index in [4.69, 9.17) is 14.6 Å². The van der Waals surface area contributed by atoms with Gasteiger partial charge in [-0.15, -0.1) is 0 Å². The Hall–Kier alpha value is -2.58. The lowest BCUT2D eigenvalue weighted by molar-refractivity contribution is 0.0693. The number of carboxylic acid groups (broad SMARTS) is 1. The van der Waals surface area contributed by atoms with E-state index in [1.54, 1.807) is 18.2 Å². The van der Waals surface area contributed by atoms with Gasteiger partial charge in [0.1, 0.15) is 23.7 Å². The number of rotatable bonds is 9. The van der Waals surface area contributed by atoms with Crippen molar-refractivity contribution in [2.75, 3.05) is 25.6 Å². The molecule has 25 heavy (non-hydrogen) atoms. The molecule has 8 heteroatoms. The van der Waals surface area contributed by atoms with Crippen molar-refractivity contribution in [3.8, 4) is 11.5 Å². The molecule has 134 valence electrons. The monoisotopic (exact) mass is 366 g/mol. The minimum atomic E-state index is -3.37. The highest BCUT2D eigenvalue weighted by Crippen LogP contribution is 2.23. The number of phenols is 1. The summed E-state index contributed by atoms with van der Waals surface area (Å²) in [5, 5.41) is 18.3. The highest BCUT2D eigenvalue weighted by atomic mass is 32.2. The van der Waals surface area contributed by atoms with Crippen LogP contribution >= 0.6 is 0 Å². The molecule has 0 amide bonds.